The SMILES string of the molecule is CC1Cc2cc(C(=O)Nc3ccc(Cn4cccn4)cc3)ccc2CN1. The van der Waals surface area contributed by atoms with Crippen molar-refractivity contribution in [2.45, 2.75) is 32.5 Å². The number of anilines is 1. The van der Waals surface area contributed by atoms with E-state index in [0.29, 0.717) is 11.6 Å². The second-order valence-corrected chi connectivity index (χ2v) is 6.82. The smallest absolute Gasteiger partial charge is 0.255 e. The number of benzene rings is 2. The van der Waals surface area contributed by atoms with Gasteiger partial charge in [0.1, 0.15) is 0 Å². The molecule has 0 saturated carbocycles. The van der Waals surface area contributed by atoms with E-state index >= 15 is 0 Å². The van der Waals surface area contributed by atoms with E-state index in [1.807, 2.05) is 53.3 Å². The average molecular weight is 346 g/mol. The van der Waals surface area contributed by atoms with Gasteiger partial charge in [-0.3, -0.25) is 9.48 Å². The molecule has 26 heavy (non-hydrogen) atoms. The Bertz CT molecular complexity index is 900. The van der Waals surface area contributed by atoms with Crippen LogP contribution in [0.15, 0.2) is 60.9 Å². The van der Waals surface area contributed by atoms with E-state index < -0.39 is 0 Å². The number of fused-ring (bicyclic) bond motifs is 1. The van der Waals surface area contributed by atoms with Crippen molar-refractivity contribution in [1.29, 1.82) is 0 Å². The lowest BCUT2D eigenvalue weighted by molar-refractivity contribution is 0.102. The van der Waals surface area contributed by atoms with Crippen molar-refractivity contribution < 1.29 is 4.79 Å². The highest BCUT2D eigenvalue weighted by Gasteiger charge is 2.16. The molecule has 0 bridgehead atoms. The molecule has 1 aliphatic rings. The predicted octanol–water partition coefficient (Wildman–Crippen LogP) is 3.22. The zero-order chi connectivity index (χ0) is 17.9. The van der Waals surface area contributed by atoms with Gasteiger partial charge in [-0.25, -0.2) is 0 Å². The van der Waals surface area contributed by atoms with E-state index in [-0.39, 0.29) is 5.91 Å². The number of hydrogen-bond donors (Lipinski definition) is 2. The van der Waals surface area contributed by atoms with Gasteiger partial charge in [-0.1, -0.05) is 18.2 Å². The van der Waals surface area contributed by atoms with Crippen LogP contribution in [0.1, 0.15) is 34.0 Å². The molecule has 0 radical (unpaired) electrons. The van der Waals surface area contributed by atoms with Crippen LogP contribution in [0.4, 0.5) is 5.69 Å². The molecule has 132 valence electrons. The van der Waals surface area contributed by atoms with E-state index in [1.54, 1.807) is 6.20 Å². The van der Waals surface area contributed by atoms with Crippen molar-refractivity contribution in [2.75, 3.05) is 5.32 Å². The molecule has 3 aromatic rings. The van der Waals surface area contributed by atoms with E-state index in [2.05, 4.69) is 28.7 Å². The van der Waals surface area contributed by atoms with Crippen molar-refractivity contribution in [3.63, 3.8) is 0 Å². The van der Waals surface area contributed by atoms with Gasteiger partial charge in [-0.15, -0.1) is 0 Å². The molecule has 0 spiro atoms. The van der Waals surface area contributed by atoms with E-state index in [1.165, 1.54) is 11.1 Å². The Morgan fingerprint density at radius 3 is 2.85 bits per heavy atom. The molecule has 0 fully saturated rings. The number of carbonyl (C=O) groups is 1. The van der Waals surface area contributed by atoms with E-state index in [4.69, 9.17) is 0 Å². The first-order valence-electron chi connectivity index (χ1n) is 8.90. The van der Waals surface area contributed by atoms with Crippen LogP contribution >= 0.6 is 0 Å². The van der Waals surface area contributed by atoms with Gasteiger partial charge < -0.3 is 10.6 Å². The van der Waals surface area contributed by atoms with Crippen molar-refractivity contribution >= 4 is 11.6 Å². The highest BCUT2D eigenvalue weighted by Crippen LogP contribution is 2.19. The molecule has 5 nitrogen and oxygen atoms in total. The minimum absolute atomic E-state index is 0.0705. The van der Waals surface area contributed by atoms with Crippen molar-refractivity contribution in [1.82, 2.24) is 15.1 Å². The van der Waals surface area contributed by atoms with Gasteiger partial charge in [-0.05, 0) is 60.4 Å². The molecule has 1 unspecified atom stereocenters. The molecular formula is C21H22N4O. The lowest BCUT2D eigenvalue weighted by Crippen LogP contribution is -2.33. The maximum absolute atomic E-state index is 12.6. The number of hydrogen-bond acceptors (Lipinski definition) is 3. The highest BCUT2D eigenvalue weighted by atomic mass is 16.1. The topological polar surface area (TPSA) is 59.0 Å². The Hall–Kier alpha value is -2.92. The Morgan fingerprint density at radius 2 is 2.08 bits per heavy atom. The van der Waals surface area contributed by atoms with Gasteiger partial charge in [-0.2, -0.15) is 5.10 Å². The van der Waals surface area contributed by atoms with Gasteiger partial charge >= 0.3 is 0 Å². The predicted molar refractivity (Wildman–Crippen MR) is 102 cm³/mol. The monoisotopic (exact) mass is 346 g/mol. The first-order valence-corrected chi connectivity index (χ1v) is 8.90. The lowest BCUT2D eigenvalue weighted by atomic mass is 9.94. The summed E-state index contributed by atoms with van der Waals surface area (Å²) in [5, 5.41) is 10.6. The van der Waals surface area contributed by atoms with Crippen LogP contribution in [0.25, 0.3) is 0 Å². The second-order valence-electron chi connectivity index (χ2n) is 6.82. The summed E-state index contributed by atoms with van der Waals surface area (Å²) in [4.78, 5) is 12.6. The average Bonchev–Trinajstić information content (AvgIpc) is 3.15. The Balaban J connectivity index is 1.44. The third-order valence-electron chi connectivity index (χ3n) is 4.75. The summed E-state index contributed by atoms with van der Waals surface area (Å²) in [6.07, 6.45) is 4.66. The summed E-state index contributed by atoms with van der Waals surface area (Å²) < 4.78 is 1.87. The highest BCUT2D eigenvalue weighted by molar-refractivity contribution is 6.04. The Labute approximate surface area is 153 Å². The van der Waals surface area contributed by atoms with Gasteiger partial charge in [0.25, 0.3) is 5.91 Å². The summed E-state index contributed by atoms with van der Waals surface area (Å²) in [5.41, 5.74) is 5.19. The summed E-state index contributed by atoms with van der Waals surface area (Å²) in [5.74, 6) is -0.0705. The molecule has 1 aliphatic heterocycles. The van der Waals surface area contributed by atoms with Crippen LogP contribution in [-0.2, 0) is 19.5 Å². The molecule has 2 N–H and O–H groups in total. The second kappa shape index (κ2) is 7.14. The van der Waals surface area contributed by atoms with Crippen molar-refractivity contribution in [2.24, 2.45) is 0 Å². The molecule has 4 rings (SSSR count). The van der Waals surface area contributed by atoms with E-state index in [9.17, 15) is 4.79 Å². The number of aromatic nitrogens is 2. The van der Waals surface area contributed by atoms with Crippen LogP contribution in [0.5, 0.6) is 0 Å². The van der Waals surface area contributed by atoms with Crippen molar-refractivity contribution in [3.05, 3.63) is 83.2 Å². The fourth-order valence-corrected chi connectivity index (χ4v) is 3.29. The number of rotatable bonds is 4. The zero-order valence-corrected chi connectivity index (χ0v) is 14.8. The summed E-state index contributed by atoms with van der Waals surface area (Å²) >= 11 is 0. The Morgan fingerprint density at radius 1 is 1.23 bits per heavy atom. The largest absolute Gasteiger partial charge is 0.322 e. The Kier molecular flexibility index (Phi) is 4.54. The number of nitrogens with one attached hydrogen (secondary N) is 2. The molecular weight excluding hydrogens is 324 g/mol. The third-order valence-corrected chi connectivity index (χ3v) is 4.75. The number of nitrogens with zero attached hydrogens (tertiary/aromatic N) is 2. The van der Waals surface area contributed by atoms with E-state index in [0.717, 1.165) is 30.8 Å². The maximum Gasteiger partial charge on any atom is 0.255 e. The molecule has 2 aromatic carbocycles. The summed E-state index contributed by atoms with van der Waals surface area (Å²) in [6.45, 7) is 3.76. The van der Waals surface area contributed by atoms with Gasteiger partial charge in [0.15, 0.2) is 0 Å². The minimum Gasteiger partial charge on any atom is -0.322 e. The fraction of sp³-hybridized carbons (Fsp3) is 0.238. The van der Waals surface area contributed by atoms with Gasteiger partial charge in [0.05, 0.1) is 6.54 Å². The normalized spacial score (nSPS) is 16.1. The van der Waals surface area contributed by atoms with Crippen LogP contribution in [0, 0.1) is 0 Å². The molecule has 0 saturated heterocycles. The number of amides is 1. The summed E-state index contributed by atoms with van der Waals surface area (Å²) in [7, 11) is 0. The summed E-state index contributed by atoms with van der Waals surface area (Å²) in [6, 6.07) is 16.2. The first-order chi connectivity index (χ1) is 12.7. The molecule has 2 heterocycles. The molecule has 1 aromatic heterocycles. The van der Waals surface area contributed by atoms with Crippen LogP contribution < -0.4 is 10.6 Å². The first kappa shape index (κ1) is 16.5. The van der Waals surface area contributed by atoms with Gasteiger partial charge in [0.2, 0.25) is 0 Å². The fourth-order valence-electron chi connectivity index (χ4n) is 3.29. The van der Waals surface area contributed by atoms with Gasteiger partial charge in [0, 0.05) is 36.2 Å². The minimum atomic E-state index is -0.0705. The molecule has 0 aliphatic carbocycles. The van der Waals surface area contributed by atoms with Crippen molar-refractivity contribution in [3.8, 4) is 0 Å². The zero-order valence-electron chi connectivity index (χ0n) is 14.8. The number of carbonyl (C=O) groups excluding carboxylic acids is 1. The lowest BCUT2D eigenvalue weighted by Gasteiger charge is -2.23. The standard InChI is InChI=1S/C21H22N4O/c1-15-11-19-12-17(5-6-18(19)13-22-15)21(26)24-20-7-3-16(4-8-20)14-25-10-2-9-23-25/h2-10,12,15,22H,11,13-14H2,1H3,(H,24,26). The molecule has 5 heteroatoms. The maximum atomic E-state index is 12.6. The van der Waals surface area contributed by atoms with Crippen LogP contribution in [-0.4, -0.2) is 21.7 Å². The molecule has 1 atom stereocenters. The third kappa shape index (κ3) is 3.68. The quantitative estimate of drug-likeness (QED) is 0.763. The van der Waals surface area contributed by atoms with Crippen LogP contribution in [0.3, 0.4) is 0 Å². The van der Waals surface area contributed by atoms with Crippen LogP contribution in [0.2, 0.25) is 0 Å². The molecule has 1 amide bonds.